The van der Waals surface area contributed by atoms with Crippen LogP contribution in [0, 0.1) is 0 Å². The van der Waals surface area contributed by atoms with Crippen molar-refractivity contribution in [3.05, 3.63) is 69.2 Å². The predicted octanol–water partition coefficient (Wildman–Crippen LogP) is 3.91. The first-order valence-corrected chi connectivity index (χ1v) is 9.56. The lowest BCUT2D eigenvalue weighted by atomic mass is 9.95. The average Bonchev–Trinajstić information content (AvgIpc) is 2.58. The zero-order chi connectivity index (χ0) is 20.3. The summed E-state index contributed by atoms with van der Waals surface area (Å²) < 4.78 is 47.2. The summed E-state index contributed by atoms with van der Waals surface area (Å²) in [6.45, 7) is 6.48. The molecule has 1 aromatic carbocycles. The van der Waals surface area contributed by atoms with E-state index in [0.717, 1.165) is 11.5 Å². The first-order valence-electron chi connectivity index (χ1n) is 9.56. The molecular weight excluding hydrogens is 369 g/mol. The summed E-state index contributed by atoms with van der Waals surface area (Å²) in [5.74, 6) is 1.92. The number of ether oxygens (including phenoxy) is 1. The van der Waals surface area contributed by atoms with Crippen molar-refractivity contribution in [1.82, 2.24) is 4.58 Å². The maximum atomic E-state index is 9.75. The van der Waals surface area contributed by atoms with Gasteiger partial charge in [0.25, 0.3) is 0 Å². The topological polar surface area (TPSA) is 12.2 Å². The highest BCUT2D eigenvalue weighted by atomic mass is 19.5. The van der Waals surface area contributed by atoms with Gasteiger partial charge in [0, 0.05) is 24.0 Å². The highest BCUT2D eigenvalue weighted by Crippen LogP contribution is 2.18. The molecule has 2 nitrogen and oxygen atoms in total. The number of aryl methyl sites for hydroxylation is 2. The molecule has 0 aromatic heterocycles. The zero-order valence-corrected chi connectivity index (χ0v) is 16.2. The Morgan fingerprint density at radius 1 is 0.893 bits per heavy atom. The molecule has 0 fully saturated rings. The van der Waals surface area contributed by atoms with Gasteiger partial charge in [0.05, 0.1) is 0 Å². The fourth-order valence-corrected chi connectivity index (χ4v) is 4.04. The number of allylic oxidation sites excluding steroid dienone is 6. The van der Waals surface area contributed by atoms with E-state index in [-0.39, 0.29) is 0 Å². The van der Waals surface area contributed by atoms with E-state index >= 15 is 0 Å². The summed E-state index contributed by atoms with van der Waals surface area (Å²) in [4.78, 5) is 0. The largest absolute Gasteiger partial charge is 0.673 e. The number of nitrogens with zero attached hydrogens (tertiary/aromatic N) is 1. The first kappa shape index (κ1) is 20.4. The maximum Gasteiger partial charge on any atom is 0.673 e. The van der Waals surface area contributed by atoms with Crippen molar-refractivity contribution in [3.63, 3.8) is 0 Å². The lowest BCUT2D eigenvalue weighted by Gasteiger charge is -2.18. The summed E-state index contributed by atoms with van der Waals surface area (Å²) in [5, 5.41) is 2.88. The molecule has 0 N–H and O–H groups in total. The fraction of sp³-hybridized carbons (Fsp3) is 0.381. The van der Waals surface area contributed by atoms with Gasteiger partial charge in [-0.2, -0.15) is 0 Å². The third-order valence-electron chi connectivity index (χ3n) is 4.88. The Morgan fingerprint density at radius 3 is 1.89 bits per heavy atom. The smallest absolute Gasteiger partial charge is 0.467 e. The van der Waals surface area contributed by atoms with Crippen LogP contribution in [0.1, 0.15) is 37.8 Å². The number of rotatable bonds is 1. The summed E-state index contributed by atoms with van der Waals surface area (Å²) in [6.07, 6.45) is 13.7. The Morgan fingerprint density at radius 2 is 1.39 bits per heavy atom. The molecule has 0 bridgehead atoms. The highest BCUT2D eigenvalue weighted by molar-refractivity contribution is 6.50. The van der Waals surface area contributed by atoms with E-state index in [1.807, 2.05) is 13.8 Å². The molecule has 0 spiro atoms. The molecule has 0 radical (unpaired) electrons. The quantitative estimate of drug-likeness (QED) is 0.400. The summed E-state index contributed by atoms with van der Waals surface area (Å²) in [5.41, 5.74) is 4.30. The Bertz CT molecular complexity index is 908. The SMILES string of the molecule is CC1=CC(=CC=c2cc3c4c(c2)CCC[N+]=4CCC3)C=C(C)O1.F[B-](F)(F)F. The molecule has 0 aliphatic carbocycles. The monoisotopic (exact) mass is 393 g/mol. The molecule has 0 saturated carbocycles. The van der Waals surface area contributed by atoms with Crippen molar-refractivity contribution < 1.29 is 22.0 Å². The summed E-state index contributed by atoms with van der Waals surface area (Å²) >= 11 is 0. The number of halogens is 4. The van der Waals surface area contributed by atoms with Crippen LogP contribution in [-0.2, 0) is 17.6 Å². The molecule has 1 aromatic rings. The van der Waals surface area contributed by atoms with E-state index in [4.69, 9.17) is 4.74 Å². The van der Waals surface area contributed by atoms with E-state index in [0.29, 0.717) is 0 Å². The van der Waals surface area contributed by atoms with Crippen molar-refractivity contribution >= 4 is 13.3 Å². The van der Waals surface area contributed by atoms with Gasteiger partial charge in [-0.25, -0.2) is 4.58 Å². The Labute approximate surface area is 162 Å². The molecule has 3 aliphatic rings. The molecule has 0 saturated heterocycles. The minimum Gasteiger partial charge on any atom is -0.467 e. The molecule has 150 valence electrons. The van der Waals surface area contributed by atoms with Crippen LogP contribution >= 0.6 is 0 Å². The molecule has 0 amide bonds. The van der Waals surface area contributed by atoms with E-state index in [1.54, 1.807) is 16.5 Å². The third kappa shape index (κ3) is 5.60. The van der Waals surface area contributed by atoms with Gasteiger partial charge in [0.1, 0.15) is 24.6 Å². The van der Waals surface area contributed by atoms with Crippen molar-refractivity contribution in [1.29, 1.82) is 0 Å². The standard InChI is InChI=1S/C21H24NO.BF4/c1-15-11-17(12-16(2)23-15)7-8-18-13-19-5-3-9-22-10-4-6-20(14-18)21(19)22;2-1(3,4)5/h7-8,11-14H,3-6,9-10H2,1-2H3;/q+1;-1. The van der Waals surface area contributed by atoms with Crippen LogP contribution in [0.15, 0.2) is 47.5 Å². The molecule has 0 atom stereocenters. The third-order valence-corrected chi connectivity index (χ3v) is 4.88. The Kier molecular flexibility index (Phi) is 6.11. The van der Waals surface area contributed by atoms with Gasteiger partial charge >= 0.3 is 7.25 Å². The van der Waals surface area contributed by atoms with Gasteiger partial charge in [-0.1, -0.05) is 12.2 Å². The summed E-state index contributed by atoms with van der Waals surface area (Å²) in [6, 6.07) is 4.78. The van der Waals surface area contributed by atoms with Crippen LogP contribution in [-0.4, -0.2) is 20.3 Å². The van der Waals surface area contributed by atoms with Crippen LogP contribution in [0.5, 0.6) is 0 Å². The van der Waals surface area contributed by atoms with E-state index in [9.17, 15) is 17.3 Å². The van der Waals surface area contributed by atoms with Crippen molar-refractivity contribution in [3.8, 4) is 0 Å². The number of hydrogen-bond acceptors (Lipinski definition) is 1. The average molecular weight is 393 g/mol. The van der Waals surface area contributed by atoms with Crippen molar-refractivity contribution in [2.75, 3.05) is 13.1 Å². The highest BCUT2D eigenvalue weighted by Gasteiger charge is 2.23. The minimum atomic E-state index is -6.00. The molecule has 0 unspecified atom stereocenters. The van der Waals surface area contributed by atoms with Crippen LogP contribution in [0.4, 0.5) is 17.3 Å². The number of hydrogen-bond donors (Lipinski definition) is 0. The molecule has 3 aliphatic heterocycles. The Balaban J connectivity index is 0.000000403. The van der Waals surface area contributed by atoms with Crippen LogP contribution in [0.3, 0.4) is 0 Å². The zero-order valence-electron chi connectivity index (χ0n) is 16.2. The second kappa shape index (κ2) is 8.37. The van der Waals surface area contributed by atoms with Gasteiger partial charge in [0.15, 0.2) is 0 Å². The molecule has 7 heteroatoms. The lowest BCUT2D eigenvalue weighted by Crippen LogP contribution is -2.44. The van der Waals surface area contributed by atoms with Gasteiger partial charge in [-0.3, -0.25) is 0 Å². The molecule has 28 heavy (non-hydrogen) atoms. The van der Waals surface area contributed by atoms with Crippen LogP contribution < -0.4 is 15.2 Å². The van der Waals surface area contributed by atoms with Crippen molar-refractivity contribution in [2.45, 2.75) is 39.5 Å². The second-order valence-corrected chi connectivity index (χ2v) is 7.32. The maximum absolute atomic E-state index is 9.75. The first-order chi connectivity index (χ1) is 13.2. The van der Waals surface area contributed by atoms with Gasteiger partial charge in [0.2, 0.25) is 5.36 Å². The van der Waals surface area contributed by atoms with Gasteiger partial charge < -0.3 is 22.0 Å². The molecular formula is C21H24BF4NO. The van der Waals surface area contributed by atoms with E-state index in [2.05, 4.69) is 41.0 Å². The Hall–Kier alpha value is -2.31. The van der Waals surface area contributed by atoms with Crippen LogP contribution in [0.2, 0.25) is 0 Å². The summed E-state index contributed by atoms with van der Waals surface area (Å²) in [7, 11) is -6.00. The van der Waals surface area contributed by atoms with Gasteiger partial charge in [-0.15, -0.1) is 0 Å². The van der Waals surface area contributed by atoms with E-state index < -0.39 is 7.25 Å². The van der Waals surface area contributed by atoms with E-state index in [1.165, 1.54) is 49.6 Å². The number of benzene rings is 1. The fourth-order valence-electron chi connectivity index (χ4n) is 4.04. The predicted molar refractivity (Wildman–Crippen MR) is 105 cm³/mol. The minimum absolute atomic E-state index is 0.959. The van der Waals surface area contributed by atoms with Gasteiger partial charge in [-0.05, 0) is 61.8 Å². The second-order valence-electron chi connectivity index (χ2n) is 7.32. The van der Waals surface area contributed by atoms with Crippen molar-refractivity contribution in [2.24, 2.45) is 0 Å². The normalized spacial score (nSPS) is 18.1. The van der Waals surface area contributed by atoms with Crippen LogP contribution in [0.25, 0.3) is 6.08 Å². The molecule has 3 heterocycles. The molecule has 4 rings (SSSR count). The lowest BCUT2D eigenvalue weighted by molar-refractivity contribution is 0.304.